The molecule has 0 saturated heterocycles. The first-order valence-corrected chi connectivity index (χ1v) is 6.43. The highest BCUT2D eigenvalue weighted by Crippen LogP contribution is 2.24. The molecule has 0 aromatic heterocycles. The molecule has 0 aliphatic heterocycles. The normalized spacial score (nSPS) is 29.4. The van der Waals surface area contributed by atoms with E-state index in [9.17, 15) is 8.42 Å². The second-order valence-electron chi connectivity index (χ2n) is 3.94. The van der Waals surface area contributed by atoms with Gasteiger partial charge in [-0.25, -0.2) is 13.6 Å². The molecule has 4 nitrogen and oxygen atoms in total. The molecule has 0 heterocycles. The lowest BCUT2D eigenvalue weighted by molar-refractivity contribution is 0.514. The van der Waals surface area contributed by atoms with Crippen LogP contribution in [0.4, 0.5) is 0 Å². The Bertz CT molecular complexity index is 251. The molecule has 0 aromatic rings. The van der Waals surface area contributed by atoms with Gasteiger partial charge in [0.25, 0.3) is 0 Å². The Hall–Kier alpha value is -0.130. The zero-order valence-corrected chi connectivity index (χ0v) is 8.81. The van der Waals surface area contributed by atoms with Gasteiger partial charge in [0, 0.05) is 12.6 Å². The summed E-state index contributed by atoms with van der Waals surface area (Å²) in [5.74, 6) is 0.810. The van der Waals surface area contributed by atoms with Crippen LogP contribution < -0.4 is 10.5 Å². The zero-order chi connectivity index (χ0) is 9.90. The van der Waals surface area contributed by atoms with Crippen LogP contribution in [0.3, 0.4) is 0 Å². The van der Waals surface area contributed by atoms with Gasteiger partial charge in [-0.05, 0) is 25.2 Å². The first-order chi connectivity index (χ1) is 5.97. The molecule has 5 heteroatoms. The predicted molar refractivity (Wildman–Crippen MR) is 52.8 cm³/mol. The van der Waals surface area contributed by atoms with Crippen molar-refractivity contribution in [2.75, 3.05) is 12.3 Å². The zero-order valence-electron chi connectivity index (χ0n) is 7.99. The van der Waals surface area contributed by atoms with Crippen LogP contribution in [0.5, 0.6) is 0 Å². The lowest BCUT2D eigenvalue weighted by Gasteiger charge is -2.10. The highest BCUT2D eigenvalue weighted by molar-refractivity contribution is 7.89. The molecule has 1 saturated carbocycles. The van der Waals surface area contributed by atoms with Crippen molar-refractivity contribution in [2.45, 2.75) is 32.2 Å². The van der Waals surface area contributed by atoms with E-state index in [1.807, 2.05) is 0 Å². The van der Waals surface area contributed by atoms with Gasteiger partial charge in [0.2, 0.25) is 10.0 Å². The summed E-state index contributed by atoms with van der Waals surface area (Å²) >= 11 is 0. The van der Waals surface area contributed by atoms with Crippen molar-refractivity contribution >= 4 is 10.0 Å². The number of primary sulfonamides is 1. The van der Waals surface area contributed by atoms with Crippen LogP contribution in [0.25, 0.3) is 0 Å². The standard InChI is InChI=1S/C8H18N2O2S/c1-7-2-3-8(6-7)10-4-5-13(9,11)12/h7-8,10H,2-6H2,1H3,(H2,9,11,12). The van der Waals surface area contributed by atoms with Crippen molar-refractivity contribution in [3.8, 4) is 0 Å². The van der Waals surface area contributed by atoms with Gasteiger partial charge in [-0.3, -0.25) is 0 Å². The second-order valence-corrected chi connectivity index (χ2v) is 5.67. The lowest BCUT2D eigenvalue weighted by Crippen LogP contribution is -2.33. The summed E-state index contributed by atoms with van der Waals surface area (Å²) in [5.41, 5.74) is 0. The Kier molecular flexibility index (Phi) is 3.70. The van der Waals surface area contributed by atoms with Gasteiger partial charge in [-0.1, -0.05) is 6.92 Å². The van der Waals surface area contributed by atoms with E-state index in [0.717, 1.165) is 18.8 Å². The van der Waals surface area contributed by atoms with Crippen molar-refractivity contribution in [3.63, 3.8) is 0 Å². The van der Waals surface area contributed by atoms with Gasteiger partial charge in [0.15, 0.2) is 0 Å². The summed E-state index contributed by atoms with van der Waals surface area (Å²) in [6.07, 6.45) is 3.56. The molecule has 1 aliphatic rings. The van der Waals surface area contributed by atoms with Crippen molar-refractivity contribution in [1.29, 1.82) is 0 Å². The maximum atomic E-state index is 10.6. The molecule has 0 amide bonds. The maximum absolute atomic E-state index is 10.6. The minimum Gasteiger partial charge on any atom is -0.313 e. The number of rotatable bonds is 4. The number of nitrogens with one attached hydrogen (secondary N) is 1. The SMILES string of the molecule is CC1CCC(NCCS(N)(=O)=O)C1. The smallest absolute Gasteiger partial charge is 0.210 e. The average molecular weight is 206 g/mol. The van der Waals surface area contributed by atoms with Gasteiger partial charge in [0.05, 0.1) is 5.75 Å². The molecule has 0 aromatic carbocycles. The Morgan fingerprint density at radius 1 is 1.46 bits per heavy atom. The Morgan fingerprint density at radius 3 is 2.62 bits per heavy atom. The van der Waals surface area contributed by atoms with Crippen LogP contribution >= 0.6 is 0 Å². The van der Waals surface area contributed by atoms with Crippen molar-refractivity contribution < 1.29 is 8.42 Å². The molecular formula is C8H18N2O2S. The van der Waals surface area contributed by atoms with Gasteiger partial charge in [0.1, 0.15) is 0 Å². The quantitative estimate of drug-likeness (QED) is 0.683. The molecule has 13 heavy (non-hydrogen) atoms. The number of hydrogen-bond donors (Lipinski definition) is 2. The predicted octanol–water partition coefficient (Wildman–Crippen LogP) is 0.0531. The van der Waals surface area contributed by atoms with Crippen LogP contribution in [0, 0.1) is 5.92 Å². The second kappa shape index (κ2) is 4.39. The fourth-order valence-electron chi connectivity index (χ4n) is 1.80. The fraction of sp³-hybridized carbons (Fsp3) is 1.00. The van der Waals surface area contributed by atoms with Gasteiger partial charge >= 0.3 is 0 Å². The molecule has 2 unspecified atom stereocenters. The van der Waals surface area contributed by atoms with E-state index in [-0.39, 0.29) is 5.75 Å². The molecule has 0 spiro atoms. The third kappa shape index (κ3) is 4.59. The molecule has 0 radical (unpaired) electrons. The first-order valence-electron chi connectivity index (χ1n) is 4.71. The van der Waals surface area contributed by atoms with Crippen LogP contribution in [-0.2, 0) is 10.0 Å². The third-order valence-electron chi connectivity index (χ3n) is 2.51. The first kappa shape index (κ1) is 10.9. The molecule has 78 valence electrons. The molecular weight excluding hydrogens is 188 g/mol. The Labute approximate surface area is 79.9 Å². The van der Waals surface area contributed by atoms with Crippen molar-refractivity contribution in [3.05, 3.63) is 0 Å². The minimum absolute atomic E-state index is 0.0396. The van der Waals surface area contributed by atoms with Crippen molar-refractivity contribution in [1.82, 2.24) is 5.32 Å². The molecule has 3 N–H and O–H groups in total. The number of sulfonamides is 1. The van der Waals surface area contributed by atoms with Gasteiger partial charge in [-0.2, -0.15) is 0 Å². The van der Waals surface area contributed by atoms with Crippen LogP contribution in [-0.4, -0.2) is 26.8 Å². The van der Waals surface area contributed by atoms with E-state index in [4.69, 9.17) is 5.14 Å². The van der Waals surface area contributed by atoms with Gasteiger partial charge < -0.3 is 5.32 Å². The molecule has 0 bridgehead atoms. The fourth-order valence-corrected chi connectivity index (χ4v) is 2.20. The van der Waals surface area contributed by atoms with E-state index in [1.54, 1.807) is 0 Å². The van der Waals surface area contributed by atoms with E-state index in [0.29, 0.717) is 12.6 Å². The van der Waals surface area contributed by atoms with Crippen LogP contribution in [0.15, 0.2) is 0 Å². The van der Waals surface area contributed by atoms with Crippen LogP contribution in [0.1, 0.15) is 26.2 Å². The van der Waals surface area contributed by atoms with Crippen LogP contribution in [0.2, 0.25) is 0 Å². The summed E-state index contributed by atoms with van der Waals surface area (Å²) in [5, 5.41) is 8.09. The summed E-state index contributed by atoms with van der Waals surface area (Å²) in [7, 11) is -3.29. The Balaban J connectivity index is 2.14. The molecule has 1 fully saturated rings. The summed E-state index contributed by atoms with van der Waals surface area (Å²) < 4.78 is 21.2. The van der Waals surface area contributed by atoms with Gasteiger partial charge in [-0.15, -0.1) is 0 Å². The summed E-state index contributed by atoms with van der Waals surface area (Å²) in [6, 6.07) is 0.497. The maximum Gasteiger partial charge on any atom is 0.210 e. The van der Waals surface area contributed by atoms with E-state index in [1.165, 1.54) is 6.42 Å². The summed E-state index contributed by atoms with van der Waals surface area (Å²) in [6.45, 7) is 2.71. The number of hydrogen-bond acceptors (Lipinski definition) is 3. The summed E-state index contributed by atoms with van der Waals surface area (Å²) in [4.78, 5) is 0. The van der Waals surface area contributed by atoms with E-state index < -0.39 is 10.0 Å². The number of nitrogens with two attached hydrogens (primary N) is 1. The Morgan fingerprint density at radius 2 is 2.15 bits per heavy atom. The minimum atomic E-state index is -3.29. The average Bonchev–Trinajstić information content (AvgIpc) is 2.33. The van der Waals surface area contributed by atoms with E-state index >= 15 is 0 Å². The topological polar surface area (TPSA) is 72.2 Å². The monoisotopic (exact) mass is 206 g/mol. The third-order valence-corrected chi connectivity index (χ3v) is 3.29. The molecule has 2 atom stereocenters. The molecule has 1 rings (SSSR count). The highest BCUT2D eigenvalue weighted by atomic mass is 32.2. The van der Waals surface area contributed by atoms with E-state index in [2.05, 4.69) is 12.2 Å². The lowest BCUT2D eigenvalue weighted by atomic mass is 10.1. The largest absolute Gasteiger partial charge is 0.313 e. The van der Waals surface area contributed by atoms with Crippen molar-refractivity contribution in [2.24, 2.45) is 11.1 Å². The highest BCUT2D eigenvalue weighted by Gasteiger charge is 2.20. The molecule has 1 aliphatic carbocycles.